The summed E-state index contributed by atoms with van der Waals surface area (Å²) in [5.74, 6) is 0.0540. The van der Waals surface area contributed by atoms with Crippen LogP contribution in [0.25, 0.3) is 11.3 Å². The second-order valence-corrected chi connectivity index (χ2v) is 6.55. The van der Waals surface area contributed by atoms with Gasteiger partial charge in [0, 0.05) is 30.1 Å². The molecule has 0 bridgehead atoms. The van der Waals surface area contributed by atoms with Crippen LogP contribution < -0.4 is 0 Å². The first-order valence-corrected chi connectivity index (χ1v) is 8.17. The van der Waals surface area contributed by atoms with Crippen molar-refractivity contribution in [3.8, 4) is 11.3 Å². The van der Waals surface area contributed by atoms with E-state index >= 15 is 0 Å². The molecule has 1 aliphatic carbocycles. The zero-order chi connectivity index (χ0) is 16.4. The molecule has 1 saturated carbocycles. The first-order chi connectivity index (χ1) is 11.1. The molecule has 1 fully saturated rings. The number of amides is 1. The van der Waals surface area contributed by atoms with E-state index in [2.05, 4.69) is 10.2 Å². The largest absolute Gasteiger partial charge is 0.393 e. The Labute approximate surface area is 140 Å². The molecule has 1 aliphatic rings. The number of aliphatic hydroxyl groups excluding tert-OH is 1. The quantitative estimate of drug-likeness (QED) is 0.903. The normalized spacial score (nSPS) is 20.7. The number of benzene rings is 1. The predicted octanol–water partition coefficient (Wildman–Crippen LogP) is 2.96. The van der Waals surface area contributed by atoms with Gasteiger partial charge in [-0.1, -0.05) is 30.2 Å². The molecule has 1 aromatic carbocycles. The van der Waals surface area contributed by atoms with Crippen LogP contribution in [0.1, 0.15) is 29.6 Å². The fourth-order valence-corrected chi connectivity index (χ4v) is 3.37. The third-order valence-corrected chi connectivity index (χ3v) is 4.69. The Hall–Kier alpha value is -1.85. The Morgan fingerprint density at radius 3 is 3.00 bits per heavy atom. The molecular formula is C17H20ClN3O2. The average Bonchev–Trinajstić information content (AvgIpc) is 3.16. The summed E-state index contributed by atoms with van der Waals surface area (Å²) in [7, 11) is 1.77. The molecule has 0 radical (unpaired) electrons. The molecule has 3 rings (SSSR count). The van der Waals surface area contributed by atoms with Crippen molar-refractivity contribution in [2.75, 3.05) is 13.6 Å². The number of aromatic amines is 1. The first kappa shape index (κ1) is 16.0. The SMILES string of the molecule is CN(CC1CCCC1O)C(=O)c1cn[nH]c1-c1cccc(Cl)c1. The van der Waals surface area contributed by atoms with Gasteiger partial charge in [-0.25, -0.2) is 0 Å². The number of hydrogen-bond acceptors (Lipinski definition) is 3. The number of halogens is 1. The Kier molecular flexibility index (Phi) is 4.68. The van der Waals surface area contributed by atoms with Crippen molar-refractivity contribution in [2.24, 2.45) is 5.92 Å². The number of carbonyl (C=O) groups excluding carboxylic acids is 1. The highest BCUT2D eigenvalue weighted by molar-refractivity contribution is 6.30. The summed E-state index contributed by atoms with van der Waals surface area (Å²) in [6, 6.07) is 7.31. The van der Waals surface area contributed by atoms with Crippen molar-refractivity contribution in [1.82, 2.24) is 15.1 Å². The molecule has 2 N–H and O–H groups in total. The van der Waals surface area contributed by atoms with Crippen LogP contribution in [-0.2, 0) is 0 Å². The van der Waals surface area contributed by atoms with E-state index in [0.717, 1.165) is 24.8 Å². The minimum absolute atomic E-state index is 0.104. The van der Waals surface area contributed by atoms with Gasteiger partial charge in [-0.05, 0) is 25.0 Å². The number of hydrogen-bond donors (Lipinski definition) is 2. The molecule has 0 spiro atoms. The van der Waals surface area contributed by atoms with Gasteiger partial charge in [0.25, 0.3) is 5.91 Å². The Balaban J connectivity index is 1.79. The summed E-state index contributed by atoms with van der Waals surface area (Å²) in [6.07, 6.45) is 4.05. The summed E-state index contributed by atoms with van der Waals surface area (Å²) in [5, 5.41) is 17.4. The molecule has 23 heavy (non-hydrogen) atoms. The van der Waals surface area contributed by atoms with E-state index in [4.69, 9.17) is 11.6 Å². The zero-order valence-corrected chi connectivity index (χ0v) is 13.8. The lowest BCUT2D eigenvalue weighted by Crippen LogP contribution is -2.34. The summed E-state index contributed by atoms with van der Waals surface area (Å²) >= 11 is 6.03. The second kappa shape index (κ2) is 6.72. The molecule has 2 atom stereocenters. The third kappa shape index (κ3) is 3.41. The number of H-pyrrole nitrogens is 1. The Morgan fingerprint density at radius 1 is 1.48 bits per heavy atom. The molecule has 0 saturated heterocycles. The highest BCUT2D eigenvalue weighted by Gasteiger charge is 2.28. The van der Waals surface area contributed by atoms with Crippen molar-refractivity contribution in [1.29, 1.82) is 0 Å². The molecule has 122 valence electrons. The zero-order valence-electron chi connectivity index (χ0n) is 13.0. The van der Waals surface area contributed by atoms with Crippen LogP contribution in [0.4, 0.5) is 0 Å². The van der Waals surface area contributed by atoms with Gasteiger partial charge in [-0.2, -0.15) is 5.10 Å². The maximum absolute atomic E-state index is 12.7. The smallest absolute Gasteiger partial charge is 0.257 e. The van der Waals surface area contributed by atoms with Crippen LogP contribution in [0, 0.1) is 5.92 Å². The molecule has 5 nitrogen and oxygen atoms in total. The fourth-order valence-electron chi connectivity index (χ4n) is 3.18. The van der Waals surface area contributed by atoms with Crippen LogP contribution in [0.15, 0.2) is 30.5 Å². The lowest BCUT2D eigenvalue weighted by molar-refractivity contribution is 0.0694. The minimum atomic E-state index is -0.304. The van der Waals surface area contributed by atoms with E-state index in [-0.39, 0.29) is 17.9 Å². The minimum Gasteiger partial charge on any atom is -0.393 e. The number of aliphatic hydroxyl groups is 1. The highest BCUT2D eigenvalue weighted by atomic mass is 35.5. The average molecular weight is 334 g/mol. The van der Waals surface area contributed by atoms with E-state index in [1.54, 1.807) is 30.3 Å². The van der Waals surface area contributed by atoms with Crippen LogP contribution in [0.3, 0.4) is 0 Å². The lowest BCUT2D eigenvalue weighted by atomic mass is 10.0. The van der Waals surface area contributed by atoms with E-state index in [9.17, 15) is 9.90 Å². The van der Waals surface area contributed by atoms with Crippen molar-refractivity contribution in [2.45, 2.75) is 25.4 Å². The van der Waals surface area contributed by atoms with Crippen molar-refractivity contribution < 1.29 is 9.90 Å². The Morgan fingerprint density at radius 2 is 2.30 bits per heavy atom. The van der Waals surface area contributed by atoms with Gasteiger partial charge < -0.3 is 10.0 Å². The second-order valence-electron chi connectivity index (χ2n) is 6.11. The first-order valence-electron chi connectivity index (χ1n) is 7.79. The van der Waals surface area contributed by atoms with E-state index in [0.29, 0.717) is 22.8 Å². The van der Waals surface area contributed by atoms with Crippen molar-refractivity contribution in [3.63, 3.8) is 0 Å². The van der Waals surface area contributed by atoms with E-state index in [1.807, 2.05) is 12.1 Å². The summed E-state index contributed by atoms with van der Waals surface area (Å²) in [5.41, 5.74) is 2.01. The van der Waals surface area contributed by atoms with Crippen LogP contribution in [-0.4, -0.2) is 45.8 Å². The van der Waals surface area contributed by atoms with Crippen LogP contribution in [0.2, 0.25) is 5.02 Å². The molecular weight excluding hydrogens is 314 g/mol. The molecule has 0 aliphatic heterocycles. The maximum Gasteiger partial charge on any atom is 0.257 e. The molecule has 2 aromatic rings. The fraction of sp³-hybridized carbons (Fsp3) is 0.412. The molecule has 1 amide bonds. The van der Waals surface area contributed by atoms with E-state index < -0.39 is 0 Å². The van der Waals surface area contributed by atoms with Gasteiger partial charge in [0.2, 0.25) is 0 Å². The molecule has 2 unspecified atom stereocenters. The molecule has 6 heteroatoms. The third-order valence-electron chi connectivity index (χ3n) is 4.46. The standard InChI is InChI=1S/C17H20ClN3O2/c1-21(10-12-5-3-7-15(12)22)17(23)14-9-19-20-16(14)11-4-2-6-13(18)8-11/h2,4,6,8-9,12,15,22H,3,5,7,10H2,1H3,(H,19,20). The van der Waals surface area contributed by atoms with Gasteiger partial charge in [-0.3, -0.25) is 9.89 Å². The van der Waals surface area contributed by atoms with E-state index in [1.165, 1.54) is 0 Å². The van der Waals surface area contributed by atoms with Gasteiger partial charge in [0.05, 0.1) is 23.6 Å². The van der Waals surface area contributed by atoms with Gasteiger partial charge in [0.1, 0.15) is 0 Å². The van der Waals surface area contributed by atoms with Crippen LogP contribution >= 0.6 is 11.6 Å². The molecule has 1 heterocycles. The van der Waals surface area contributed by atoms with Crippen molar-refractivity contribution in [3.05, 3.63) is 41.0 Å². The topological polar surface area (TPSA) is 69.2 Å². The van der Waals surface area contributed by atoms with Crippen LogP contribution in [0.5, 0.6) is 0 Å². The predicted molar refractivity (Wildman–Crippen MR) is 89.3 cm³/mol. The van der Waals surface area contributed by atoms with Gasteiger partial charge in [0.15, 0.2) is 0 Å². The monoisotopic (exact) mass is 333 g/mol. The number of nitrogens with one attached hydrogen (secondary N) is 1. The number of nitrogens with zero attached hydrogens (tertiary/aromatic N) is 2. The summed E-state index contributed by atoms with van der Waals surface area (Å²) in [4.78, 5) is 14.4. The highest BCUT2D eigenvalue weighted by Crippen LogP contribution is 2.28. The van der Waals surface area contributed by atoms with Gasteiger partial charge in [-0.15, -0.1) is 0 Å². The summed E-state index contributed by atoms with van der Waals surface area (Å²) in [6.45, 7) is 0.556. The Bertz CT molecular complexity index is 701. The summed E-state index contributed by atoms with van der Waals surface area (Å²) < 4.78 is 0. The molecule has 1 aromatic heterocycles. The lowest BCUT2D eigenvalue weighted by Gasteiger charge is -2.23. The van der Waals surface area contributed by atoms with Gasteiger partial charge >= 0.3 is 0 Å². The number of rotatable bonds is 4. The maximum atomic E-state index is 12.7. The number of carbonyl (C=O) groups is 1. The number of aromatic nitrogens is 2. The van der Waals surface area contributed by atoms with Crippen molar-refractivity contribution >= 4 is 17.5 Å².